The van der Waals surface area contributed by atoms with Crippen molar-refractivity contribution in [2.75, 3.05) is 24.5 Å². The molecule has 1 amide bonds. The van der Waals surface area contributed by atoms with E-state index in [0.717, 1.165) is 11.4 Å². The molecule has 1 fully saturated rings. The zero-order valence-corrected chi connectivity index (χ0v) is 13.9. The molecule has 5 nitrogen and oxygen atoms in total. The fraction of sp³-hybridized carbons (Fsp3) is 0.625. The molecule has 0 N–H and O–H groups in total. The molecule has 0 spiro atoms. The Balaban J connectivity index is 2.05. The van der Waals surface area contributed by atoms with Crippen LogP contribution in [0.15, 0.2) is 12.3 Å². The molecule has 1 aromatic heterocycles. The third-order valence-corrected chi connectivity index (χ3v) is 3.57. The van der Waals surface area contributed by atoms with E-state index in [9.17, 15) is 9.18 Å². The molecule has 1 aliphatic heterocycles. The smallest absolute Gasteiger partial charge is 0.410 e. The summed E-state index contributed by atoms with van der Waals surface area (Å²) >= 11 is 0. The van der Waals surface area contributed by atoms with Crippen molar-refractivity contribution in [2.45, 2.75) is 46.3 Å². The summed E-state index contributed by atoms with van der Waals surface area (Å²) in [6.45, 7) is 11.3. The first-order chi connectivity index (χ1) is 10.2. The minimum Gasteiger partial charge on any atom is -0.444 e. The van der Waals surface area contributed by atoms with Gasteiger partial charge in [0, 0.05) is 25.7 Å². The topological polar surface area (TPSA) is 45.7 Å². The third kappa shape index (κ3) is 3.87. The average Bonchev–Trinajstić information content (AvgIpc) is 2.36. The third-order valence-electron chi connectivity index (χ3n) is 3.57. The number of nitrogens with zero attached hydrogens (tertiary/aromatic N) is 3. The van der Waals surface area contributed by atoms with Crippen molar-refractivity contribution in [3.63, 3.8) is 0 Å². The van der Waals surface area contributed by atoms with Gasteiger partial charge in [0.15, 0.2) is 0 Å². The van der Waals surface area contributed by atoms with E-state index in [2.05, 4.69) is 9.88 Å². The summed E-state index contributed by atoms with van der Waals surface area (Å²) in [7, 11) is 0. The van der Waals surface area contributed by atoms with E-state index in [4.69, 9.17) is 4.74 Å². The molecule has 6 heteroatoms. The van der Waals surface area contributed by atoms with Crippen molar-refractivity contribution in [1.82, 2.24) is 9.88 Å². The second kappa shape index (κ2) is 6.10. The van der Waals surface area contributed by atoms with Gasteiger partial charge in [0.2, 0.25) is 0 Å². The normalized spacial score (nSPS) is 19.3. The fourth-order valence-corrected chi connectivity index (χ4v) is 2.61. The molecule has 0 radical (unpaired) electrons. The van der Waals surface area contributed by atoms with Gasteiger partial charge in [0.05, 0.1) is 6.20 Å². The predicted molar refractivity (Wildman–Crippen MR) is 83.5 cm³/mol. The van der Waals surface area contributed by atoms with Crippen molar-refractivity contribution in [3.8, 4) is 0 Å². The molecule has 22 heavy (non-hydrogen) atoms. The van der Waals surface area contributed by atoms with Crippen molar-refractivity contribution in [2.24, 2.45) is 0 Å². The molecule has 1 atom stereocenters. The van der Waals surface area contributed by atoms with Gasteiger partial charge in [-0.3, -0.25) is 0 Å². The van der Waals surface area contributed by atoms with Crippen LogP contribution in [0.5, 0.6) is 0 Å². The van der Waals surface area contributed by atoms with Crippen LogP contribution in [-0.4, -0.2) is 47.3 Å². The maximum atomic E-state index is 13.2. The Morgan fingerprint density at radius 2 is 2.09 bits per heavy atom. The molecule has 2 heterocycles. The molecular formula is C16H24FN3O2. The highest BCUT2D eigenvalue weighted by atomic mass is 19.1. The second-order valence-corrected chi connectivity index (χ2v) is 6.76. The fourth-order valence-electron chi connectivity index (χ4n) is 2.61. The number of pyridine rings is 1. The Kier molecular flexibility index (Phi) is 4.58. The number of halogens is 1. The summed E-state index contributed by atoms with van der Waals surface area (Å²) in [5.74, 6) is 0.443. The maximum absolute atomic E-state index is 13.2. The molecule has 0 aromatic carbocycles. The van der Waals surface area contributed by atoms with Gasteiger partial charge >= 0.3 is 6.09 Å². The van der Waals surface area contributed by atoms with E-state index >= 15 is 0 Å². The van der Waals surface area contributed by atoms with Crippen LogP contribution in [-0.2, 0) is 4.74 Å². The van der Waals surface area contributed by atoms with Crippen molar-refractivity contribution >= 4 is 11.9 Å². The average molecular weight is 309 g/mol. The quantitative estimate of drug-likeness (QED) is 0.800. The van der Waals surface area contributed by atoms with Crippen molar-refractivity contribution in [1.29, 1.82) is 0 Å². The van der Waals surface area contributed by atoms with Crippen LogP contribution < -0.4 is 4.90 Å². The second-order valence-electron chi connectivity index (χ2n) is 6.76. The molecule has 0 aliphatic carbocycles. The number of ether oxygens (including phenoxy) is 1. The van der Waals surface area contributed by atoms with Gasteiger partial charge in [-0.25, -0.2) is 14.2 Å². The minimum absolute atomic E-state index is 0.00912. The van der Waals surface area contributed by atoms with Crippen LogP contribution in [0.2, 0.25) is 0 Å². The number of anilines is 1. The summed E-state index contributed by atoms with van der Waals surface area (Å²) in [6.07, 6.45) is 0.941. The lowest BCUT2D eigenvalue weighted by atomic mass is 10.1. The number of rotatable bonds is 1. The van der Waals surface area contributed by atoms with Gasteiger partial charge in [0.1, 0.15) is 17.2 Å². The lowest BCUT2D eigenvalue weighted by Crippen LogP contribution is -2.55. The van der Waals surface area contributed by atoms with Crippen molar-refractivity contribution in [3.05, 3.63) is 23.6 Å². The first-order valence-corrected chi connectivity index (χ1v) is 7.54. The number of aromatic nitrogens is 1. The van der Waals surface area contributed by atoms with Gasteiger partial charge < -0.3 is 14.5 Å². The van der Waals surface area contributed by atoms with Crippen LogP contribution in [0.4, 0.5) is 15.0 Å². The Hall–Kier alpha value is -1.85. The Morgan fingerprint density at radius 1 is 1.41 bits per heavy atom. The van der Waals surface area contributed by atoms with Crippen molar-refractivity contribution < 1.29 is 13.9 Å². The number of amides is 1. The molecular weight excluding hydrogens is 285 g/mol. The Bertz CT molecular complexity index is 557. The van der Waals surface area contributed by atoms with E-state index in [1.807, 2.05) is 34.6 Å². The highest BCUT2D eigenvalue weighted by Gasteiger charge is 2.31. The maximum Gasteiger partial charge on any atom is 0.410 e. The summed E-state index contributed by atoms with van der Waals surface area (Å²) < 4.78 is 18.6. The van der Waals surface area contributed by atoms with Gasteiger partial charge in [-0.05, 0) is 46.2 Å². The zero-order chi connectivity index (χ0) is 16.5. The Labute approximate surface area is 131 Å². The first-order valence-electron chi connectivity index (χ1n) is 7.54. The SMILES string of the molecule is Cc1cc(F)cnc1N1CCN(C(=O)OC(C)(C)C)[C@@H](C)C1. The monoisotopic (exact) mass is 309 g/mol. The molecule has 122 valence electrons. The predicted octanol–water partition coefficient (Wildman–Crippen LogP) is 2.97. The first kappa shape index (κ1) is 16.5. The number of carbonyl (C=O) groups is 1. The summed E-state index contributed by atoms with van der Waals surface area (Å²) in [5.41, 5.74) is 0.307. The molecule has 2 rings (SSSR count). The van der Waals surface area contributed by atoms with E-state index in [-0.39, 0.29) is 18.0 Å². The summed E-state index contributed by atoms with van der Waals surface area (Å²) in [5, 5.41) is 0. The standard InChI is InChI=1S/C16H24FN3O2/c1-11-8-13(17)9-18-14(11)19-6-7-20(12(2)10-19)15(21)22-16(3,4)5/h8-9,12H,6-7,10H2,1-5H3/t12-/m0/s1. The van der Waals surface area contributed by atoms with E-state index in [1.54, 1.807) is 4.90 Å². The number of carbonyl (C=O) groups excluding carboxylic acids is 1. The number of hydrogen-bond acceptors (Lipinski definition) is 4. The van der Waals surface area contributed by atoms with Gasteiger partial charge in [-0.1, -0.05) is 0 Å². The summed E-state index contributed by atoms with van der Waals surface area (Å²) in [6, 6.07) is 1.49. The summed E-state index contributed by atoms with van der Waals surface area (Å²) in [4.78, 5) is 20.2. The lowest BCUT2D eigenvalue weighted by molar-refractivity contribution is 0.0158. The lowest BCUT2D eigenvalue weighted by Gasteiger charge is -2.41. The van der Waals surface area contributed by atoms with Gasteiger partial charge in [-0.2, -0.15) is 0 Å². The molecule has 0 saturated carbocycles. The molecule has 1 saturated heterocycles. The molecule has 0 bridgehead atoms. The number of piperazine rings is 1. The minimum atomic E-state index is -0.497. The van der Waals surface area contributed by atoms with Crippen LogP contribution in [0.25, 0.3) is 0 Å². The number of aryl methyl sites for hydroxylation is 1. The van der Waals surface area contributed by atoms with Gasteiger partial charge in [0.25, 0.3) is 0 Å². The molecule has 1 aromatic rings. The van der Waals surface area contributed by atoms with E-state index < -0.39 is 5.60 Å². The highest BCUT2D eigenvalue weighted by molar-refractivity contribution is 5.69. The van der Waals surface area contributed by atoms with E-state index in [1.165, 1.54) is 12.3 Å². The zero-order valence-electron chi connectivity index (χ0n) is 13.9. The van der Waals surface area contributed by atoms with Crippen LogP contribution in [0, 0.1) is 12.7 Å². The van der Waals surface area contributed by atoms with Crippen LogP contribution in [0.3, 0.4) is 0 Å². The molecule has 1 aliphatic rings. The van der Waals surface area contributed by atoms with Gasteiger partial charge in [-0.15, -0.1) is 0 Å². The highest BCUT2D eigenvalue weighted by Crippen LogP contribution is 2.22. The van der Waals surface area contributed by atoms with Crippen LogP contribution in [0.1, 0.15) is 33.3 Å². The Morgan fingerprint density at radius 3 is 2.64 bits per heavy atom. The van der Waals surface area contributed by atoms with E-state index in [0.29, 0.717) is 19.6 Å². The largest absolute Gasteiger partial charge is 0.444 e. The number of hydrogen-bond donors (Lipinski definition) is 0. The molecule has 0 unspecified atom stereocenters. The van der Waals surface area contributed by atoms with Crippen LogP contribution >= 0.6 is 0 Å².